The molecule has 9 heteroatoms. The van der Waals surface area contributed by atoms with E-state index in [4.69, 9.17) is 9.84 Å². The predicted molar refractivity (Wildman–Crippen MR) is 129 cm³/mol. The molecule has 0 amide bonds. The molecular formula is C26H23NO7S. The van der Waals surface area contributed by atoms with Gasteiger partial charge in [0.25, 0.3) is 10.0 Å². The van der Waals surface area contributed by atoms with Gasteiger partial charge in [0.1, 0.15) is 11.4 Å². The van der Waals surface area contributed by atoms with Gasteiger partial charge in [-0.25, -0.2) is 8.42 Å². The number of nitrogens with zero attached hydrogens (tertiary/aromatic N) is 1. The van der Waals surface area contributed by atoms with Gasteiger partial charge >= 0.3 is 0 Å². The smallest absolute Gasteiger partial charge is 0.265 e. The summed E-state index contributed by atoms with van der Waals surface area (Å²) in [6.07, 6.45) is 0.415. The Hall–Kier alpha value is -3.95. The van der Waals surface area contributed by atoms with Crippen LogP contribution in [0.4, 0.5) is 0 Å². The number of allylic oxidation sites excluding steroid dienone is 1. The molecule has 180 valence electrons. The molecule has 1 aliphatic heterocycles. The third kappa shape index (κ3) is 4.82. The molecule has 1 aliphatic rings. The molecule has 8 nitrogen and oxygen atoms in total. The summed E-state index contributed by atoms with van der Waals surface area (Å²) in [5.41, 5.74) is -0.153. The second-order valence-corrected chi connectivity index (χ2v) is 9.61. The molecule has 2 N–H and O–H groups in total. The van der Waals surface area contributed by atoms with Gasteiger partial charge in [-0.1, -0.05) is 54.6 Å². The first kappa shape index (κ1) is 24.2. The molecule has 0 saturated carbocycles. The molecule has 3 aromatic rings. The van der Waals surface area contributed by atoms with Gasteiger partial charge in [0.15, 0.2) is 11.5 Å². The lowest BCUT2D eigenvalue weighted by Gasteiger charge is -2.31. The minimum Gasteiger partial charge on any atom is -0.505 e. The normalized spacial score (nSPS) is 15.9. The summed E-state index contributed by atoms with van der Waals surface area (Å²) in [4.78, 5) is 26.3. The Balaban J connectivity index is 1.77. The number of ether oxygens (including phenoxy) is 1. The SMILES string of the molecule is O=C(CN1/C(=C(/O)c2ccccc2)C(=O)c2ccccc2S1(=O)=O)c1cccc(OCCCO)c1. The average molecular weight is 494 g/mol. The Morgan fingerprint density at radius 2 is 1.60 bits per heavy atom. The zero-order valence-electron chi connectivity index (χ0n) is 18.6. The van der Waals surface area contributed by atoms with Gasteiger partial charge in [0.2, 0.25) is 5.78 Å². The fourth-order valence-corrected chi connectivity index (χ4v) is 5.34. The number of carbonyl (C=O) groups is 2. The molecule has 0 unspecified atom stereocenters. The molecular weight excluding hydrogens is 470 g/mol. The number of aliphatic hydroxyl groups is 2. The van der Waals surface area contributed by atoms with Crippen molar-refractivity contribution in [1.82, 2.24) is 4.31 Å². The summed E-state index contributed by atoms with van der Waals surface area (Å²) < 4.78 is 33.2. The van der Waals surface area contributed by atoms with E-state index in [1.54, 1.807) is 30.3 Å². The van der Waals surface area contributed by atoms with Crippen LogP contribution in [0.3, 0.4) is 0 Å². The summed E-state index contributed by atoms with van der Waals surface area (Å²) in [5, 5.41) is 19.9. The minimum absolute atomic E-state index is 0.0407. The number of carbonyl (C=O) groups excluding carboxylic acids is 2. The molecule has 3 aromatic carbocycles. The number of Topliss-reactive ketones (excluding diaryl/α,β-unsaturated/α-hetero) is 2. The van der Waals surface area contributed by atoms with Crippen LogP contribution in [0.15, 0.2) is 89.5 Å². The van der Waals surface area contributed by atoms with Gasteiger partial charge in [0.05, 0.1) is 18.0 Å². The summed E-state index contributed by atoms with van der Waals surface area (Å²) in [6.45, 7) is -0.493. The number of hydrogen-bond acceptors (Lipinski definition) is 7. The van der Waals surface area contributed by atoms with Crippen LogP contribution >= 0.6 is 0 Å². The van der Waals surface area contributed by atoms with Crippen molar-refractivity contribution < 1.29 is 33.0 Å². The van der Waals surface area contributed by atoms with E-state index in [-0.39, 0.29) is 34.8 Å². The molecule has 0 aromatic heterocycles. The van der Waals surface area contributed by atoms with Crippen molar-refractivity contribution in [3.05, 3.63) is 101 Å². The first-order valence-electron chi connectivity index (χ1n) is 10.9. The van der Waals surface area contributed by atoms with Crippen LogP contribution in [-0.4, -0.2) is 54.3 Å². The standard InChI is InChI=1S/C26H23NO7S/c28-14-7-15-34-20-11-6-10-19(16-20)22(29)17-27-24(25(30)18-8-2-1-3-9-18)26(31)21-12-4-5-13-23(21)35(27,32)33/h1-6,8-13,16,28,30H,7,14-15,17H2/b25-24+. The fourth-order valence-electron chi connectivity index (χ4n) is 3.72. The van der Waals surface area contributed by atoms with E-state index in [0.717, 1.165) is 0 Å². The number of ketones is 2. The summed E-state index contributed by atoms with van der Waals surface area (Å²) in [5.74, 6) is -1.45. The molecule has 4 rings (SSSR count). The second kappa shape index (κ2) is 10.1. The second-order valence-electron chi connectivity index (χ2n) is 7.78. The Morgan fingerprint density at radius 1 is 0.914 bits per heavy atom. The molecule has 0 radical (unpaired) electrons. The first-order valence-corrected chi connectivity index (χ1v) is 12.3. The largest absolute Gasteiger partial charge is 0.505 e. The maximum Gasteiger partial charge on any atom is 0.265 e. The van der Waals surface area contributed by atoms with Crippen LogP contribution in [0.25, 0.3) is 5.76 Å². The van der Waals surface area contributed by atoms with Crippen molar-refractivity contribution in [2.75, 3.05) is 19.8 Å². The zero-order chi connectivity index (χ0) is 25.0. The molecule has 0 spiro atoms. The maximum absolute atomic E-state index is 13.5. The lowest BCUT2D eigenvalue weighted by molar-refractivity contribution is 0.0951. The Kier molecular flexibility index (Phi) is 6.99. The molecule has 0 saturated heterocycles. The van der Waals surface area contributed by atoms with Crippen LogP contribution in [0, 0.1) is 0 Å². The summed E-state index contributed by atoms with van der Waals surface area (Å²) in [7, 11) is -4.33. The number of rotatable bonds is 8. The molecule has 0 aliphatic carbocycles. The highest BCUT2D eigenvalue weighted by Gasteiger charge is 2.42. The van der Waals surface area contributed by atoms with Crippen molar-refractivity contribution in [3.63, 3.8) is 0 Å². The lowest BCUT2D eigenvalue weighted by Crippen LogP contribution is -2.42. The highest BCUT2D eigenvalue weighted by atomic mass is 32.2. The highest BCUT2D eigenvalue weighted by molar-refractivity contribution is 7.89. The number of fused-ring (bicyclic) bond motifs is 1. The van der Waals surface area contributed by atoms with Gasteiger partial charge in [-0.15, -0.1) is 0 Å². The maximum atomic E-state index is 13.5. The number of aliphatic hydroxyl groups excluding tert-OH is 2. The van der Waals surface area contributed by atoms with Crippen LogP contribution in [-0.2, 0) is 10.0 Å². The quantitative estimate of drug-likeness (QED) is 0.213. The van der Waals surface area contributed by atoms with Crippen molar-refractivity contribution >= 4 is 27.3 Å². The monoisotopic (exact) mass is 493 g/mol. The highest BCUT2D eigenvalue weighted by Crippen LogP contribution is 2.35. The zero-order valence-corrected chi connectivity index (χ0v) is 19.4. The van der Waals surface area contributed by atoms with Crippen LogP contribution < -0.4 is 4.74 Å². The molecule has 1 heterocycles. The average Bonchev–Trinajstić information content (AvgIpc) is 2.88. The van der Waals surface area contributed by atoms with E-state index < -0.39 is 39.6 Å². The summed E-state index contributed by atoms with van der Waals surface area (Å²) >= 11 is 0. The van der Waals surface area contributed by atoms with Crippen molar-refractivity contribution in [2.24, 2.45) is 0 Å². The van der Waals surface area contributed by atoms with Crippen molar-refractivity contribution in [2.45, 2.75) is 11.3 Å². The third-order valence-corrected chi connectivity index (χ3v) is 7.25. The number of benzene rings is 3. The number of hydrogen-bond donors (Lipinski definition) is 2. The Labute approximate surface area is 202 Å². The van der Waals surface area contributed by atoms with Crippen molar-refractivity contribution in [3.8, 4) is 5.75 Å². The van der Waals surface area contributed by atoms with E-state index in [1.807, 2.05) is 0 Å². The predicted octanol–water partition coefficient (Wildman–Crippen LogP) is 3.44. The molecule has 0 atom stereocenters. The Bertz CT molecular complexity index is 1400. The molecule has 0 bridgehead atoms. The first-order chi connectivity index (χ1) is 16.8. The molecule has 35 heavy (non-hydrogen) atoms. The van der Waals surface area contributed by atoms with E-state index in [2.05, 4.69) is 0 Å². The van der Waals surface area contributed by atoms with Gasteiger partial charge in [-0.3, -0.25) is 13.9 Å². The van der Waals surface area contributed by atoms with Gasteiger partial charge < -0.3 is 14.9 Å². The summed E-state index contributed by atoms with van der Waals surface area (Å²) in [6, 6.07) is 20.0. The van der Waals surface area contributed by atoms with Gasteiger partial charge in [-0.2, -0.15) is 0 Å². The Morgan fingerprint density at radius 3 is 2.34 bits per heavy atom. The molecule has 0 fully saturated rings. The van der Waals surface area contributed by atoms with E-state index in [0.29, 0.717) is 16.5 Å². The minimum atomic E-state index is -4.33. The van der Waals surface area contributed by atoms with Gasteiger partial charge in [-0.05, 0) is 24.3 Å². The third-order valence-electron chi connectivity index (χ3n) is 5.45. The fraction of sp³-hybridized carbons (Fsp3) is 0.154. The van der Waals surface area contributed by atoms with Gasteiger partial charge in [0, 0.05) is 29.7 Å². The van der Waals surface area contributed by atoms with Crippen LogP contribution in [0.2, 0.25) is 0 Å². The number of sulfonamides is 1. The van der Waals surface area contributed by atoms with E-state index in [9.17, 15) is 23.1 Å². The lowest BCUT2D eigenvalue weighted by atomic mass is 10.0. The van der Waals surface area contributed by atoms with Crippen LogP contribution in [0.1, 0.15) is 32.7 Å². The van der Waals surface area contributed by atoms with E-state index >= 15 is 0 Å². The van der Waals surface area contributed by atoms with Crippen molar-refractivity contribution in [1.29, 1.82) is 0 Å². The van der Waals surface area contributed by atoms with Crippen LogP contribution in [0.5, 0.6) is 5.75 Å². The topological polar surface area (TPSA) is 121 Å². The van der Waals surface area contributed by atoms with E-state index in [1.165, 1.54) is 48.5 Å².